The molecule has 0 rings (SSSR count). The molecule has 0 bridgehead atoms. The van der Waals surface area contributed by atoms with Crippen molar-refractivity contribution >= 4 is 55.6 Å². The van der Waals surface area contributed by atoms with E-state index in [0.717, 1.165) is 6.92 Å². The number of hydrogen-bond acceptors (Lipinski definition) is 7. The van der Waals surface area contributed by atoms with Gasteiger partial charge in [-0.3, -0.25) is 0 Å². The zero-order valence-corrected chi connectivity index (χ0v) is 13.2. The summed E-state index contributed by atoms with van der Waals surface area (Å²) < 4.78 is 4.11. The molecule has 16 heavy (non-hydrogen) atoms. The normalized spacial score (nSPS) is 12.4. The fourth-order valence-electron chi connectivity index (χ4n) is 0.563. The molecule has 1 N–H and O–H groups in total. The number of carbonyl (C=O) groups excluding carboxylic acids is 3. The number of carbonyl (C=O) groups is 3. The van der Waals surface area contributed by atoms with Crippen molar-refractivity contribution in [3.8, 4) is 0 Å². The van der Waals surface area contributed by atoms with Gasteiger partial charge in [0.15, 0.2) is 0 Å². The van der Waals surface area contributed by atoms with Gasteiger partial charge >= 0.3 is 73.3 Å². The van der Waals surface area contributed by atoms with Crippen LogP contribution in [0.25, 0.3) is 0 Å². The molecule has 0 saturated carbocycles. The van der Waals surface area contributed by atoms with Crippen LogP contribution in [0.5, 0.6) is 0 Å². The predicted octanol–water partition coefficient (Wildman–Crippen LogP) is -7.21. The Hall–Kier alpha value is 0.630. The van der Waals surface area contributed by atoms with Gasteiger partial charge < -0.3 is 29.6 Å². The third kappa shape index (κ3) is 9.83. The van der Waals surface area contributed by atoms with E-state index in [-0.39, 0.29) is 67.3 Å². The molecule has 0 saturated heterocycles. The summed E-state index contributed by atoms with van der Waals surface area (Å²) in [5, 5.41) is 28.9. The molecule has 0 aromatic carbocycles. The van der Waals surface area contributed by atoms with E-state index in [1.165, 1.54) is 0 Å². The zero-order chi connectivity index (χ0) is 11.3. The summed E-state index contributed by atoms with van der Waals surface area (Å²) in [4.78, 5) is 30.9. The van der Waals surface area contributed by atoms with Crippen LogP contribution in [0, 0.1) is 0 Å². The maximum absolute atomic E-state index is 10.7. The first-order valence-corrected chi connectivity index (χ1v) is 3.64. The third-order valence-corrected chi connectivity index (χ3v) is 1.21. The summed E-state index contributed by atoms with van der Waals surface area (Å²) >= 11 is 0. The van der Waals surface area contributed by atoms with Gasteiger partial charge in [0.1, 0.15) is 12.2 Å². The quantitative estimate of drug-likeness (QED) is 0.387. The van der Waals surface area contributed by atoms with Crippen LogP contribution in [0.3, 0.4) is 0 Å². The first kappa shape index (κ1) is 21.9. The SMILES string of the molecule is CC(O)C(=O)OC(CC(=O)[O-])C(=O)[O-].[Ca+2].[Na+]. The minimum absolute atomic E-state index is 0. The summed E-state index contributed by atoms with van der Waals surface area (Å²) in [6.07, 6.45) is -4.48. The molecule has 0 aliphatic rings. The molecule has 0 aliphatic carbocycles. The van der Waals surface area contributed by atoms with Crippen molar-refractivity contribution in [2.75, 3.05) is 0 Å². The van der Waals surface area contributed by atoms with Crippen molar-refractivity contribution < 1.29 is 64.0 Å². The second-order valence-electron chi connectivity index (χ2n) is 2.50. The molecule has 0 aliphatic heterocycles. The van der Waals surface area contributed by atoms with E-state index < -0.39 is 36.5 Å². The van der Waals surface area contributed by atoms with Crippen LogP contribution in [-0.2, 0) is 19.1 Å². The second-order valence-corrected chi connectivity index (χ2v) is 2.50. The van der Waals surface area contributed by atoms with E-state index in [2.05, 4.69) is 4.74 Å². The molecule has 0 spiro atoms. The summed E-state index contributed by atoms with van der Waals surface area (Å²) in [5.74, 6) is -4.79. The zero-order valence-electron chi connectivity index (χ0n) is 8.97. The molecule has 0 amide bonds. The fraction of sp³-hybridized carbons (Fsp3) is 0.571. The predicted molar refractivity (Wildman–Crippen MR) is 41.9 cm³/mol. The number of esters is 1. The van der Waals surface area contributed by atoms with Crippen molar-refractivity contribution in [1.29, 1.82) is 0 Å². The van der Waals surface area contributed by atoms with Crippen LogP contribution >= 0.6 is 0 Å². The van der Waals surface area contributed by atoms with Crippen LogP contribution in [-0.4, -0.2) is 73.0 Å². The Bertz CT molecular complexity index is 255. The molecule has 0 fully saturated rings. The number of aliphatic hydroxyl groups excluding tert-OH is 1. The number of hydrogen-bond donors (Lipinski definition) is 1. The van der Waals surface area contributed by atoms with E-state index in [1.807, 2.05) is 0 Å². The van der Waals surface area contributed by atoms with Gasteiger partial charge in [-0.15, -0.1) is 0 Å². The molecule has 0 aromatic rings. The average molecular weight is 267 g/mol. The topological polar surface area (TPSA) is 127 Å². The molecule has 9 heteroatoms. The molecule has 2 unspecified atom stereocenters. The number of aliphatic hydroxyl groups is 1. The van der Waals surface area contributed by atoms with Crippen LogP contribution < -0.4 is 39.8 Å². The molecular formula is C7H8CaNaO7+. The van der Waals surface area contributed by atoms with Crippen LogP contribution in [0.15, 0.2) is 0 Å². The van der Waals surface area contributed by atoms with Gasteiger partial charge in [0.2, 0.25) is 0 Å². The summed E-state index contributed by atoms with van der Waals surface area (Å²) in [6, 6.07) is 0. The van der Waals surface area contributed by atoms with E-state index in [9.17, 15) is 24.6 Å². The van der Waals surface area contributed by atoms with E-state index in [4.69, 9.17) is 5.11 Å². The Balaban J connectivity index is -0.000000845. The average Bonchev–Trinajstić information content (AvgIpc) is 2.01. The first-order chi connectivity index (χ1) is 6.34. The largest absolute Gasteiger partial charge is 2.00 e. The number of carboxylic acid groups (broad SMARTS) is 2. The van der Waals surface area contributed by atoms with Gasteiger partial charge in [0.25, 0.3) is 0 Å². The van der Waals surface area contributed by atoms with E-state index in [1.54, 1.807) is 0 Å². The number of ether oxygens (including phenoxy) is 1. The summed E-state index contributed by atoms with van der Waals surface area (Å²) in [7, 11) is 0. The molecule has 0 aromatic heterocycles. The van der Waals surface area contributed by atoms with Gasteiger partial charge in [-0.05, 0) is 6.92 Å². The van der Waals surface area contributed by atoms with Gasteiger partial charge in [-0.2, -0.15) is 0 Å². The minimum atomic E-state index is -1.94. The van der Waals surface area contributed by atoms with Crippen molar-refractivity contribution in [1.82, 2.24) is 0 Å². The van der Waals surface area contributed by atoms with E-state index in [0.29, 0.717) is 0 Å². The van der Waals surface area contributed by atoms with Crippen LogP contribution in [0.2, 0.25) is 0 Å². The van der Waals surface area contributed by atoms with Crippen molar-refractivity contribution in [2.24, 2.45) is 0 Å². The molecular weight excluding hydrogens is 259 g/mol. The van der Waals surface area contributed by atoms with Gasteiger partial charge in [-0.1, -0.05) is 0 Å². The summed E-state index contributed by atoms with van der Waals surface area (Å²) in [5.41, 5.74) is 0. The molecule has 80 valence electrons. The monoisotopic (exact) mass is 267 g/mol. The minimum Gasteiger partial charge on any atom is -0.550 e. The Labute approximate surface area is 143 Å². The fourth-order valence-corrected chi connectivity index (χ4v) is 0.563. The van der Waals surface area contributed by atoms with Gasteiger partial charge in [0, 0.05) is 12.4 Å². The third-order valence-electron chi connectivity index (χ3n) is 1.21. The van der Waals surface area contributed by atoms with Crippen molar-refractivity contribution in [2.45, 2.75) is 25.6 Å². The Morgan fingerprint density at radius 2 is 1.75 bits per heavy atom. The molecule has 0 heterocycles. The maximum Gasteiger partial charge on any atom is 2.00 e. The van der Waals surface area contributed by atoms with Gasteiger partial charge in [-0.25, -0.2) is 4.79 Å². The van der Waals surface area contributed by atoms with E-state index >= 15 is 0 Å². The molecule has 7 nitrogen and oxygen atoms in total. The smallest absolute Gasteiger partial charge is 0.550 e. The standard InChI is InChI=1S/C7H10O7.Ca.Na/c1-3(8)7(13)14-4(6(11)12)2-5(9)10;;/h3-4,8H,2H2,1H3,(H,9,10)(H,11,12);;/q;+2;+1/p-2. The summed E-state index contributed by atoms with van der Waals surface area (Å²) in [6.45, 7) is 1.05. The number of carboxylic acids is 2. The van der Waals surface area contributed by atoms with Crippen LogP contribution in [0.4, 0.5) is 0 Å². The molecule has 2 atom stereocenters. The first-order valence-electron chi connectivity index (χ1n) is 3.64. The van der Waals surface area contributed by atoms with Crippen molar-refractivity contribution in [3.63, 3.8) is 0 Å². The maximum atomic E-state index is 10.7. The Kier molecular flexibility index (Phi) is 14.7. The Morgan fingerprint density at radius 1 is 1.31 bits per heavy atom. The second kappa shape index (κ2) is 10.8. The number of aliphatic carboxylic acids is 2. The Morgan fingerprint density at radius 3 is 2.00 bits per heavy atom. The van der Waals surface area contributed by atoms with Crippen LogP contribution in [0.1, 0.15) is 13.3 Å². The van der Waals surface area contributed by atoms with Crippen molar-refractivity contribution in [3.05, 3.63) is 0 Å². The number of rotatable bonds is 5. The molecule has 0 radical (unpaired) electrons. The van der Waals surface area contributed by atoms with Gasteiger partial charge in [0.05, 0.1) is 5.97 Å².